The zero-order chi connectivity index (χ0) is 18.5. The second kappa shape index (κ2) is 8.76. The third-order valence-electron chi connectivity index (χ3n) is 6.25. The number of quaternary nitrogens is 1. The Morgan fingerprint density at radius 3 is 2.54 bits per heavy atom. The van der Waals surface area contributed by atoms with Crippen molar-refractivity contribution in [3.63, 3.8) is 0 Å². The molecule has 144 valence electrons. The second-order valence-corrected chi connectivity index (χ2v) is 7.91. The molecule has 1 saturated carbocycles. The number of phenolic OH excluding ortho intramolecular Hbond substituents is 1. The molecule has 0 atom stereocenters. The van der Waals surface area contributed by atoms with E-state index in [9.17, 15) is 9.90 Å². The number of phenols is 1. The maximum atomic E-state index is 12.9. The summed E-state index contributed by atoms with van der Waals surface area (Å²) >= 11 is 0. The van der Waals surface area contributed by atoms with Crippen molar-refractivity contribution in [2.75, 3.05) is 27.2 Å². The molecule has 1 heterocycles. The number of nitrogens with one attached hydrogen (secondary N) is 1. The summed E-state index contributed by atoms with van der Waals surface area (Å²) in [5, 5.41) is 10.3. The van der Waals surface area contributed by atoms with Crippen molar-refractivity contribution in [2.24, 2.45) is 5.92 Å². The van der Waals surface area contributed by atoms with Gasteiger partial charge in [0.1, 0.15) is 6.54 Å². The number of para-hydroxylation sites is 1. The zero-order valence-corrected chi connectivity index (χ0v) is 16.2. The van der Waals surface area contributed by atoms with Gasteiger partial charge in [-0.25, -0.2) is 0 Å². The fraction of sp³-hybridized carbons (Fsp3) is 0.667. The van der Waals surface area contributed by atoms with E-state index in [1.165, 1.54) is 37.0 Å². The summed E-state index contributed by atoms with van der Waals surface area (Å²) < 4.78 is 5.20. The Hall–Kier alpha value is -1.75. The van der Waals surface area contributed by atoms with Gasteiger partial charge in [-0.05, 0) is 25.0 Å². The summed E-state index contributed by atoms with van der Waals surface area (Å²) in [4.78, 5) is 16.3. The fourth-order valence-electron chi connectivity index (χ4n) is 4.53. The highest BCUT2D eigenvalue weighted by molar-refractivity contribution is 5.79. The van der Waals surface area contributed by atoms with Crippen molar-refractivity contribution in [1.29, 1.82) is 0 Å². The SMILES string of the molecule is COc1cccc(C[NH+]2CCC(C(=O)N(C)C3CCCCC3)CC2)c1O. The van der Waals surface area contributed by atoms with Gasteiger partial charge in [0.05, 0.1) is 25.8 Å². The number of likely N-dealkylation sites (tertiary alicyclic amines) is 1. The number of benzene rings is 1. The van der Waals surface area contributed by atoms with Gasteiger partial charge in [0.25, 0.3) is 0 Å². The quantitative estimate of drug-likeness (QED) is 0.843. The molecule has 0 spiro atoms. The van der Waals surface area contributed by atoms with Crippen LogP contribution in [0.25, 0.3) is 0 Å². The van der Waals surface area contributed by atoms with Gasteiger partial charge in [-0.1, -0.05) is 25.3 Å². The molecule has 26 heavy (non-hydrogen) atoms. The molecule has 5 nitrogen and oxygen atoms in total. The molecule has 1 aliphatic carbocycles. The highest BCUT2D eigenvalue weighted by Crippen LogP contribution is 2.29. The molecule has 0 bridgehead atoms. The number of carbonyl (C=O) groups excluding carboxylic acids is 1. The molecule has 0 unspecified atom stereocenters. The third kappa shape index (κ3) is 4.32. The highest BCUT2D eigenvalue weighted by Gasteiger charge is 2.32. The number of methoxy groups -OCH3 is 1. The van der Waals surface area contributed by atoms with Crippen LogP contribution in [0.15, 0.2) is 18.2 Å². The first-order valence-electron chi connectivity index (χ1n) is 10.0. The summed E-state index contributed by atoms with van der Waals surface area (Å²) in [6.07, 6.45) is 8.05. The molecule has 1 aromatic rings. The lowest BCUT2D eigenvalue weighted by Crippen LogP contribution is -3.11. The van der Waals surface area contributed by atoms with E-state index >= 15 is 0 Å². The minimum absolute atomic E-state index is 0.171. The number of ether oxygens (including phenoxy) is 1. The van der Waals surface area contributed by atoms with Crippen LogP contribution in [-0.2, 0) is 11.3 Å². The number of hydrogen-bond donors (Lipinski definition) is 2. The van der Waals surface area contributed by atoms with Crippen LogP contribution in [0.5, 0.6) is 11.5 Å². The van der Waals surface area contributed by atoms with Crippen molar-refractivity contribution in [3.05, 3.63) is 23.8 Å². The van der Waals surface area contributed by atoms with E-state index in [1.54, 1.807) is 13.2 Å². The second-order valence-electron chi connectivity index (χ2n) is 7.91. The molecule has 1 amide bonds. The molecular formula is C21H33N2O3+. The molecule has 0 radical (unpaired) electrons. The first kappa shape index (κ1) is 19.0. The van der Waals surface area contributed by atoms with E-state index in [1.807, 2.05) is 24.1 Å². The van der Waals surface area contributed by atoms with E-state index in [4.69, 9.17) is 4.74 Å². The first-order valence-corrected chi connectivity index (χ1v) is 10.0. The van der Waals surface area contributed by atoms with Gasteiger partial charge in [0, 0.05) is 31.8 Å². The monoisotopic (exact) mass is 361 g/mol. The number of nitrogens with zero attached hydrogens (tertiary/aromatic N) is 1. The van der Waals surface area contributed by atoms with E-state index in [-0.39, 0.29) is 11.7 Å². The average Bonchev–Trinajstić information content (AvgIpc) is 2.69. The van der Waals surface area contributed by atoms with Crippen LogP contribution in [0.1, 0.15) is 50.5 Å². The molecule has 1 aliphatic heterocycles. The predicted molar refractivity (Wildman–Crippen MR) is 101 cm³/mol. The fourth-order valence-corrected chi connectivity index (χ4v) is 4.53. The average molecular weight is 362 g/mol. The van der Waals surface area contributed by atoms with Crippen molar-refractivity contribution >= 4 is 5.91 Å². The summed E-state index contributed by atoms with van der Waals surface area (Å²) in [6.45, 7) is 2.74. The van der Waals surface area contributed by atoms with Gasteiger partial charge in [0.2, 0.25) is 5.91 Å². The lowest BCUT2D eigenvalue weighted by Gasteiger charge is -2.36. The van der Waals surface area contributed by atoms with Crippen LogP contribution < -0.4 is 9.64 Å². The standard InChI is InChI=1S/C21H32N2O3/c1-22(18-8-4-3-5-9-18)21(25)16-11-13-23(14-12-16)15-17-7-6-10-19(26-2)20(17)24/h6-7,10,16,18,24H,3-5,8-9,11-15H2,1-2H3/p+1. The molecule has 2 N–H and O–H groups in total. The Morgan fingerprint density at radius 1 is 1.19 bits per heavy atom. The number of aromatic hydroxyl groups is 1. The summed E-state index contributed by atoms with van der Waals surface area (Å²) in [5.74, 6) is 1.29. The largest absolute Gasteiger partial charge is 0.504 e. The lowest BCUT2D eigenvalue weighted by atomic mass is 9.91. The van der Waals surface area contributed by atoms with Crippen LogP contribution in [0.3, 0.4) is 0 Å². The molecule has 5 heteroatoms. The molecule has 0 aromatic heterocycles. The summed E-state index contributed by atoms with van der Waals surface area (Å²) in [7, 11) is 3.58. The van der Waals surface area contributed by atoms with Gasteiger partial charge < -0.3 is 19.6 Å². The van der Waals surface area contributed by atoms with Gasteiger partial charge in [-0.3, -0.25) is 4.79 Å². The Morgan fingerprint density at radius 2 is 1.88 bits per heavy atom. The Balaban J connectivity index is 1.51. The third-order valence-corrected chi connectivity index (χ3v) is 6.25. The minimum Gasteiger partial charge on any atom is -0.504 e. The van der Waals surface area contributed by atoms with E-state index < -0.39 is 0 Å². The van der Waals surface area contributed by atoms with Gasteiger partial charge in [0.15, 0.2) is 11.5 Å². The number of rotatable bonds is 5. The molecular weight excluding hydrogens is 328 g/mol. The minimum atomic E-state index is 0.171. The van der Waals surface area contributed by atoms with Crippen molar-refractivity contribution in [3.8, 4) is 11.5 Å². The number of piperidine rings is 1. The van der Waals surface area contributed by atoms with Gasteiger partial charge in [-0.2, -0.15) is 0 Å². The normalized spacial score (nSPS) is 24.2. The topological polar surface area (TPSA) is 54.2 Å². The molecule has 1 aromatic carbocycles. The van der Waals surface area contributed by atoms with Gasteiger partial charge in [-0.15, -0.1) is 0 Å². The maximum absolute atomic E-state index is 12.9. The molecule has 1 saturated heterocycles. The smallest absolute Gasteiger partial charge is 0.226 e. The Bertz CT molecular complexity index is 605. The van der Waals surface area contributed by atoms with E-state index in [2.05, 4.69) is 0 Å². The predicted octanol–water partition coefficient (Wildman–Crippen LogP) is 1.99. The Kier molecular flexibility index (Phi) is 6.41. The van der Waals surface area contributed by atoms with Gasteiger partial charge >= 0.3 is 0 Å². The lowest BCUT2D eigenvalue weighted by molar-refractivity contribution is -0.919. The molecule has 2 fully saturated rings. The van der Waals surface area contributed by atoms with Crippen LogP contribution in [0.4, 0.5) is 0 Å². The van der Waals surface area contributed by atoms with Crippen molar-refractivity contribution in [2.45, 2.75) is 57.5 Å². The van der Waals surface area contributed by atoms with Crippen LogP contribution in [-0.4, -0.2) is 49.2 Å². The number of hydrogen-bond acceptors (Lipinski definition) is 3. The molecule has 2 aliphatic rings. The van der Waals surface area contributed by atoms with Crippen molar-refractivity contribution in [1.82, 2.24) is 4.90 Å². The molecule has 3 rings (SSSR count). The summed E-state index contributed by atoms with van der Waals surface area (Å²) in [6, 6.07) is 6.11. The summed E-state index contributed by atoms with van der Waals surface area (Å²) in [5.41, 5.74) is 0.920. The number of carbonyl (C=O) groups is 1. The Labute approximate surface area is 156 Å². The number of amides is 1. The van der Waals surface area contributed by atoms with E-state index in [0.717, 1.165) is 38.0 Å². The zero-order valence-electron chi connectivity index (χ0n) is 16.2. The van der Waals surface area contributed by atoms with Crippen LogP contribution in [0, 0.1) is 5.92 Å². The maximum Gasteiger partial charge on any atom is 0.226 e. The van der Waals surface area contributed by atoms with E-state index in [0.29, 0.717) is 17.7 Å². The first-order chi connectivity index (χ1) is 12.6. The van der Waals surface area contributed by atoms with Crippen LogP contribution >= 0.6 is 0 Å². The highest BCUT2D eigenvalue weighted by atomic mass is 16.5. The van der Waals surface area contributed by atoms with Crippen molar-refractivity contribution < 1.29 is 19.5 Å². The van der Waals surface area contributed by atoms with Crippen LogP contribution in [0.2, 0.25) is 0 Å².